The molecule has 0 radical (unpaired) electrons. The van der Waals surface area contributed by atoms with E-state index >= 15 is 0 Å². The van der Waals surface area contributed by atoms with Gasteiger partial charge in [0.05, 0.1) is 7.11 Å². The summed E-state index contributed by atoms with van der Waals surface area (Å²) < 4.78 is 5.16. The van der Waals surface area contributed by atoms with E-state index in [0.29, 0.717) is 0 Å². The Labute approximate surface area is 115 Å². The van der Waals surface area contributed by atoms with Gasteiger partial charge in [-0.1, -0.05) is 29.3 Å². The predicted molar refractivity (Wildman–Crippen MR) is 80.9 cm³/mol. The van der Waals surface area contributed by atoms with Crippen LogP contribution in [0.5, 0.6) is 5.75 Å². The van der Waals surface area contributed by atoms with Crippen LogP contribution in [0.1, 0.15) is 29.7 Å². The fraction of sp³-hybridized carbons (Fsp3) is 0.294. The maximum absolute atomic E-state index is 5.16. The highest BCUT2D eigenvalue weighted by Crippen LogP contribution is 2.23. The third-order valence-electron chi connectivity index (χ3n) is 3.22. The molecule has 0 bridgehead atoms. The van der Waals surface area contributed by atoms with Crippen molar-refractivity contribution in [3.05, 3.63) is 59.2 Å². The fourth-order valence-corrected chi connectivity index (χ4v) is 2.28. The molecule has 0 aliphatic carbocycles. The van der Waals surface area contributed by atoms with Crippen LogP contribution in [0.15, 0.2) is 42.5 Å². The van der Waals surface area contributed by atoms with E-state index in [4.69, 9.17) is 4.74 Å². The Balaban J connectivity index is 2.13. The van der Waals surface area contributed by atoms with Crippen molar-refractivity contribution in [3.63, 3.8) is 0 Å². The molecule has 0 fully saturated rings. The van der Waals surface area contributed by atoms with Crippen molar-refractivity contribution in [2.75, 3.05) is 12.4 Å². The minimum absolute atomic E-state index is 0.284. The molecule has 0 amide bonds. The first-order valence-electron chi connectivity index (χ1n) is 6.57. The molecule has 0 aliphatic heterocycles. The van der Waals surface area contributed by atoms with Crippen LogP contribution in [-0.4, -0.2) is 7.11 Å². The first-order valence-corrected chi connectivity index (χ1v) is 6.57. The predicted octanol–water partition coefficient (Wildman–Crippen LogP) is 4.49. The highest BCUT2D eigenvalue weighted by molar-refractivity contribution is 5.48. The highest BCUT2D eigenvalue weighted by atomic mass is 16.5. The fourth-order valence-electron chi connectivity index (χ4n) is 2.28. The summed E-state index contributed by atoms with van der Waals surface area (Å²) in [4.78, 5) is 0. The van der Waals surface area contributed by atoms with Gasteiger partial charge < -0.3 is 10.1 Å². The highest BCUT2D eigenvalue weighted by Gasteiger charge is 2.06. The molecule has 2 aromatic carbocycles. The molecule has 100 valence electrons. The number of benzene rings is 2. The lowest BCUT2D eigenvalue weighted by molar-refractivity contribution is 0.415. The van der Waals surface area contributed by atoms with Crippen LogP contribution in [0.25, 0.3) is 0 Å². The van der Waals surface area contributed by atoms with E-state index in [1.165, 1.54) is 16.7 Å². The Morgan fingerprint density at radius 3 is 2.05 bits per heavy atom. The molecule has 2 aromatic rings. The minimum Gasteiger partial charge on any atom is -0.497 e. The van der Waals surface area contributed by atoms with E-state index in [0.717, 1.165) is 11.4 Å². The molecule has 0 spiro atoms. The lowest BCUT2D eigenvalue weighted by Gasteiger charge is -2.17. The Morgan fingerprint density at radius 1 is 0.947 bits per heavy atom. The van der Waals surface area contributed by atoms with E-state index in [9.17, 15) is 0 Å². The smallest absolute Gasteiger partial charge is 0.119 e. The van der Waals surface area contributed by atoms with Crippen molar-refractivity contribution in [2.45, 2.75) is 26.8 Å². The average molecular weight is 255 g/mol. The van der Waals surface area contributed by atoms with Crippen molar-refractivity contribution in [3.8, 4) is 5.75 Å². The summed E-state index contributed by atoms with van der Waals surface area (Å²) in [5.74, 6) is 0.879. The zero-order valence-corrected chi connectivity index (χ0v) is 12.0. The molecule has 0 aliphatic rings. The second-order valence-electron chi connectivity index (χ2n) is 5.02. The summed E-state index contributed by atoms with van der Waals surface area (Å²) in [5, 5.41) is 3.51. The molecule has 0 saturated heterocycles. The lowest BCUT2D eigenvalue weighted by atomic mass is 10.0. The average Bonchev–Trinajstić information content (AvgIpc) is 2.38. The van der Waals surface area contributed by atoms with Gasteiger partial charge in [0.1, 0.15) is 5.75 Å². The zero-order valence-electron chi connectivity index (χ0n) is 12.0. The van der Waals surface area contributed by atoms with Crippen molar-refractivity contribution >= 4 is 5.69 Å². The topological polar surface area (TPSA) is 21.3 Å². The Hall–Kier alpha value is -1.96. The number of methoxy groups -OCH3 is 1. The van der Waals surface area contributed by atoms with Gasteiger partial charge in [-0.25, -0.2) is 0 Å². The zero-order chi connectivity index (χ0) is 13.8. The minimum atomic E-state index is 0.284. The van der Waals surface area contributed by atoms with Crippen molar-refractivity contribution < 1.29 is 4.74 Å². The molecule has 1 unspecified atom stereocenters. The normalized spacial score (nSPS) is 12.0. The number of rotatable bonds is 4. The van der Waals surface area contributed by atoms with Crippen LogP contribution in [0.3, 0.4) is 0 Å². The van der Waals surface area contributed by atoms with Gasteiger partial charge >= 0.3 is 0 Å². The monoisotopic (exact) mass is 255 g/mol. The number of hydrogen-bond donors (Lipinski definition) is 1. The van der Waals surface area contributed by atoms with Crippen LogP contribution in [0, 0.1) is 13.8 Å². The van der Waals surface area contributed by atoms with Crippen molar-refractivity contribution in [1.29, 1.82) is 0 Å². The Morgan fingerprint density at radius 2 is 1.53 bits per heavy atom. The molecule has 0 aromatic heterocycles. The third-order valence-corrected chi connectivity index (χ3v) is 3.22. The molecule has 1 N–H and O–H groups in total. The Kier molecular flexibility index (Phi) is 4.10. The van der Waals surface area contributed by atoms with E-state index < -0.39 is 0 Å². The molecule has 2 heteroatoms. The first-order chi connectivity index (χ1) is 9.08. The van der Waals surface area contributed by atoms with Crippen LogP contribution in [0.4, 0.5) is 5.69 Å². The number of nitrogens with one attached hydrogen (secondary N) is 1. The molecule has 2 rings (SSSR count). The number of ether oxygens (including phenoxy) is 1. The SMILES string of the molecule is COc1ccc(NC(C)c2cc(C)cc(C)c2)cc1. The number of aryl methyl sites for hydroxylation is 2. The maximum Gasteiger partial charge on any atom is 0.119 e. The molecule has 1 atom stereocenters. The third kappa shape index (κ3) is 3.50. The molecular weight excluding hydrogens is 234 g/mol. The van der Waals surface area contributed by atoms with Crippen molar-refractivity contribution in [1.82, 2.24) is 0 Å². The lowest BCUT2D eigenvalue weighted by Crippen LogP contribution is -2.07. The van der Waals surface area contributed by atoms with Gasteiger partial charge in [0.25, 0.3) is 0 Å². The largest absolute Gasteiger partial charge is 0.497 e. The standard InChI is InChI=1S/C17H21NO/c1-12-9-13(2)11-15(10-12)14(3)18-16-5-7-17(19-4)8-6-16/h5-11,14,18H,1-4H3. The van der Waals surface area contributed by atoms with Crippen molar-refractivity contribution in [2.24, 2.45) is 0 Å². The van der Waals surface area contributed by atoms with Gasteiger partial charge in [0, 0.05) is 11.7 Å². The number of hydrogen-bond acceptors (Lipinski definition) is 2. The van der Waals surface area contributed by atoms with Crippen LogP contribution in [0.2, 0.25) is 0 Å². The van der Waals surface area contributed by atoms with E-state index in [-0.39, 0.29) is 6.04 Å². The van der Waals surface area contributed by atoms with Gasteiger partial charge in [-0.3, -0.25) is 0 Å². The first kappa shape index (κ1) is 13.5. The summed E-state index contributed by atoms with van der Waals surface area (Å²) >= 11 is 0. The summed E-state index contributed by atoms with van der Waals surface area (Å²) in [6, 6.07) is 15.0. The molecule has 0 saturated carbocycles. The van der Waals surface area contributed by atoms with E-state index in [2.05, 4.69) is 44.3 Å². The van der Waals surface area contributed by atoms with Crippen LogP contribution < -0.4 is 10.1 Å². The molecule has 0 heterocycles. The second-order valence-corrected chi connectivity index (χ2v) is 5.02. The quantitative estimate of drug-likeness (QED) is 0.869. The van der Waals surface area contributed by atoms with E-state index in [1.807, 2.05) is 24.3 Å². The van der Waals surface area contributed by atoms with Crippen LogP contribution >= 0.6 is 0 Å². The van der Waals surface area contributed by atoms with Gasteiger partial charge in [-0.05, 0) is 50.6 Å². The van der Waals surface area contributed by atoms with Crippen LogP contribution in [-0.2, 0) is 0 Å². The summed E-state index contributed by atoms with van der Waals surface area (Å²) in [6.07, 6.45) is 0. The molecule has 19 heavy (non-hydrogen) atoms. The molecule has 2 nitrogen and oxygen atoms in total. The summed E-state index contributed by atoms with van der Waals surface area (Å²) in [5.41, 5.74) is 5.03. The van der Waals surface area contributed by atoms with Gasteiger partial charge in [0.15, 0.2) is 0 Å². The Bertz CT molecular complexity index is 525. The maximum atomic E-state index is 5.16. The number of anilines is 1. The van der Waals surface area contributed by atoms with Gasteiger partial charge in [-0.15, -0.1) is 0 Å². The second kappa shape index (κ2) is 5.79. The molecular formula is C17H21NO. The van der Waals surface area contributed by atoms with E-state index in [1.54, 1.807) is 7.11 Å². The van der Waals surface area contributed by atoms with Gasteiger partial charge in [-0.2, -0.15) is 0 Å². The summed E-state index contributed by atoms with van der Waals surface area (Å²) in [6.45, 7) is 6.45. The van der Waals surface area contributed by atoms with Gasteiger partial charge in [0.2, 0.25) is 0 Å². The summed E-state index contributed by atoms with van der Waals surface area (Å²) in [7, 11) is 1.68.